The van der Waals surface area contributed by atoms with Crippen molar-refractivity contribution in [2.75, 3.05) is 26.2 Å². The van der Waals surface area contributed by atoms with Gasteiger partial charge in [-0.1, -0.05) is 23.7 Å². The highest BCUT2D eigenvalue weighted by molar-refractivity contribution is 9.10. The summed E-state index contributed by atoms with van der Waals surface area (Å²) in [6.07, 6.45) is 7.08. The predicted octanol–water partition coefficient (Wildman–Crippen LogP) is 4.40. The second kappa shape index (κ2) is 11.3. The summed E-state index contributed by atoms with van der Waals surface area (Å²) in [6, 6.07) is 10.9. The highest BCUT2D eigenvalue weighted by Gasteiger charge is 2.42. The normalized spacial score (nSPS) is 19.5. The maximum Gasteiger partial charge on any atom is 0.325 e. The molecule has 2 unspecified atom stereocenters. The zero-order chi connectivity index (χ0) is 25.9. The number of benzene rings is 1. The smallest absolute Gasteiger partial charge is 0.325 e. The summed E-state index contributed by atoms with van der Waals surface area (Å²) in [5.74, 6) is -0.364. The van der Waals surface area contributed by atoms with Gasteiger partial charge >= 0.3 is 5.97 Å². The van der Waals surface area contributed by atoms with Crippen LogP contribution in [0, 0.1) is 0 Å². The van der Waals surface area contributed by atoms with Gasteiger partial charge in [0.1, 0.15) is 6.04 Å². The summed E-state index contributed by atoms with van der Waals surface area (Å²) in [5, 5.41) is 0.686. The van der Waals surface area contributed by atoms with Gasteiger partial charge in [-0.25, -0.2) is 0 Å². The van der Waals surface area contributed by atoms with E-state index in [-0.39, 0.29) is 37.5 Å². The third-order valence-electron chi connectivity index (χ3n) is 7.03. The summed E-state index contributed by atoms with van der Waals surface area (Å²) in [4.78, 5) is 39.4. The molecule has 9 heteroatoms. The number of amides is 1. The van der Waals surface area contributed by atoms with Crippen LogP contribution in [0.25, 0.3) is 0 Å². The van der Waals surface area contributed by atoms with Crippen LogP contribution in [0.3, 0.4) is 0 Å². The first kappa shape index (κ1) is 25.8. The molecule has 3 heterocycles. The number of rotatable bonds is 5. The summed E-state index contributed by atoms with van der Waals surface area (Å²) >= 11 is 9.95. The molecule has 5 rings (SSSR count). The number of halogens is 2. The summed E-state index contributed by atoms with van der Waals surface area (Å²) < 4.78 is 6.43. The van der Waals surface area contributed by atoms with Gasteiger partial charge in [0.2, 0.25) is 5.91 Å². The maximum absolute atomic E-state index is 13.3. The Morgan fingerprint density at radius 1 is 1.14 bits per heavy atom. The highest BCUT2D eigenvalue weighted by atomic mass is 79.9. The van der Waals surface area contributed by atoms with Crippen molar-refractivity contribution < 1.29 is 14.3 Å². The van der Waals surface area contributed by atoms with Crippen LogP contribution in [0.5, 0.6) is 0 Å². The van der Waals surface area contributed by atoms with Gasteiger partial charge in [-0.3, -0.25) is 24.5 Å². The number of nitrogens with zero attached hydrogens (tertiary/aromatic N) is 4. The molecule has 2 atom stereocenters. The van der Waals surface area contributed by atoms with Crippen molar-refractivity contribution in [1.29, 1.82) is 0 Å². The van der Waals surface area contributed by atoms with Gasteiger partial charge in [0, 0.05) is 47.7 Å². The lowest BCUT2D eigenvalue weighted by Crippen LogP contribution is -2.59. The second-order valence-electron chi connectivity index (χ2n) is 9.33. The summed E-state index contributed by atoms with van der Waals surface area (Å²) in [7, 11) is 0. The van der Waals surface area contributed by atoms with E-state index in [9.17, 15) is 9.59 Å². The Morgan fingerprint density at radius 3 is 2.76 bits per heavy atom. The Bertz CT molecular complexity index is 1250. The molecular formula is C28H28BrClN4O3. The molecule has 192 valence electrons. The zero-order valence-electron chi connectivity index (χ0n) is 20.6. The average Bonchev–Trinajstić information content (AvgIpc) is 3.05. The number of piperazine rings is 1. The zero-order valence-corrected chi connectivity index (χ0v) is 22.9. The Hall–Kier alpha value is -2.81. The number of carbonyl (C=O) groups excluding carboxylic acids is 2. The average molecular weight is 584 g/mol. The number of pyridine rings is 2. The molecule has 1 aliphatic carbocycles. The van der Waals surface area contributed by atoms with Crippen molar-refractivity contribution in [1.82, 2.24) is 19.8 Å². The molecule has 0 spiro atoms. The number of hydrogen-bond acceptors (Lipinski definition) is 6. The molecule has 37 heavy (non-hydrogen) atoms. The molecule has 0 bridgehead atoms. The fraction of sp³-hybridized carbons (Fsp3) is 0.357. The largest absolute Gasteiger partial charge is 0.465 e. The van der Waals surface area contributed by atoms with Crippen molar-refractivity contribution >= 4 is 39.4 Å². The topological polar surface area (TPSA) is 75.6 Å². The van der Waals surface area contributed by atoms with Gasteiger partial charge in [0.15, 0.2) is 0 Å². The fourth-order valence-electron chi connectivity index (χ4n) is 5.32. The van der Waals surface area contributed by atoms with Crippen LogP contribution < -0.4 is 0 Å². The van der Waals surface area contributed by atoms with E-state index in [4.69, 9.17) is 21.3 Å². The Morgan fingerprint density at radius 2 is 1.97 bits per heavy atom. The minimum Gasteiger partial charge on any atom is -0.465 e. The predicted molar refractivity (Wildman–Crippen MR) is 144 cm³/mol. The molecule has 0 radical (unpaired) electrons. The monoisotopic (exact) mass is 582 g/mol. The molecule has 0 N–H and O–H groups in total. The second-order valence-corrected chi connectivity index (χ2v) is 10.7. The number of aryl methyl sites for hydroxylation is 2. The number of ether oxygens (including phenoxy) is 1. The van der Waals surface area contributed by atoms with Crippen molar-refractivity contribution in [3.63, 3.8) is 0 Å². The van der Waals surface area contributed by atoms with Gasteiger partial charge < -0.3 is 9.64 Å². The Balaban J connectivity index is 1.51. The van der Waals surface area contributed by atoms with Crippen LogP contribution in [-0.4, -0.2) is 63.9 Å². The number of esters is 1. The van der Waals surface area contributed by atoms with Crippen molar-refractivity contribution in [2.45, 2.75) is 38.3 Å². The Labute approximate surface area is 229 Å². The number of hydrogen-bond donors (Lipinski definition) is 0. The van der Waals surface area contributed by atoms with Crippen molar-refractivity contribution in [3.8, 4) is 0 Å². The lowest BCUT2D eigenvalue weighted by Gasteiger charge is -2.44. The molecule has 3 aromatic rings. The van der Waals surface area contributed by atoms with E-state index in [1.165, 1.54) is 0 Å². The molecule has 1 saturated heterocycles. The van der Waals surface area contributed by atoms with Crippen LogP contribution in [0.1, 0.15) is 40.9 Å². The van der Waals surface area contributed by atoms with Crippen molar-refractivity contribution in [2.24, 2.45) is 0 Å². The van der Waals surface area contributed by atoms with E-state index in [1.54, 1.807) is 30.4 Å². The van der Waals surface area contributed by atoms with Gasteiger partial charge in [0.25, 0.3) is 0 Å². The Kier molecular flexibility index (Phi) is 7.88. The van der Waals surface area contributed by atoms with E-state index in [1.807, 2.05) is 30.3 Å². The number of aromatic nitrogens is 2. The quantitative estimate of drug-likeness (QED) is 0.415. The lowest BCUT2D eigenvalue weighted by molar-refractivity contribution is -0.155. The van der Waals surface area contributed by atoms with Gasteiger partial charge in [-0.15, -0.1) is 0 Å². The minimum atomic E-state index is -0.628. The lowest BCUT2D eigenvalue weighted by atomic mass is 9.94. The molecule has 0 saturated carbocycles. The van der Waals surface area contributed by atoms with E-state index < -0.39 is 6.04 Å². The molecular weight excluding hydrogens is 556 g/mol. The van der Waals surface area contributed by atoms with Crippen LogP contribution in [-0.2, 0) is 33.6 Å². The van der Waals surface area contributed by atoms with Crippen molar-refractivity contribution in [3.05, 3.63) is 92.4 Å². The van der Waals surface area contributed by atoms with E-state index in [2.05, 4.69) is 31.9 Å². The molecule has 2 aromatic heterocycles. The summed E-state index contributed by atoms with van der Waals surface area (Å²) in [5.41, 5.74) is 5.13. The third kappa shape index (κ3) is 5.56. The van der Waals surface area contributed by atoms with Crippen LogP contribution in [0.15, 0.2) is 59.5 Å². The van der Waals surface area contributed by atoms with E-state index >= 15 is 0 Å². The molecule has 1 fully saturated rings. The molecule has 1 amide bonds. The molecule has 7 nitrogen and oxygen atoms in total. The highest BCUT2D eigenvalue weighted by Crippen LogP contribution is 2.39. The van der Waals surface area contributed by atoms with E-state index in [0.717, 1.165) is 45.3 Å². The standard InChI is InChI=1S/C28H28BrClN4O3/c1-2-37-28(36)24-17-33(25(35)12-18-4-3-9-31-15-18)10-11-34(24)27-23-8-7-22(30)14-19(23)5-6-20-13-21(29)16-32-26(20)27/h3-4,7-9,13-16,24,27H,2,5-6,10-12,17H2,1H3. The van der Waals surface area contributed by atoms with Gasteiger partial charge in [-0.05, 0) is 82.2 Å². The van der Waals surface area contributed by atoms with E-state index in [0.29, 0.717) is 18.1 Å². The maximum atomic E-state index is 13.3. The number of fused-ring (bicyclic) bond motifs is 2. The number of carbonyl (C=O) groups is 2. The van der Waals surface area contributed by atoms with Crippen LogP contribution in [0.2, 0.25) is 5.02 Å². The first-order valence-corrected chi connectivity index (χ1v) is 13.6. The fourth-order valence-corrected chi connectivity index (χ4v) is 5.89. The summed E-state index contributed by atoms with van der Waals surface area (Å²) in [6.45, 7) is 3.33. The first-order chi connectivity index (χ1) is 17.9. The molecule has 1 aliphatic heterocycles. The molecule has 1 aromatic carbocycles. The first-order valence-electron chi connectivity index (χ1n) is 12.5. The van der Waals surface area contributed by atoms with Crippen LogP contribution >= 0.6 is 27.5 Å². The third-order valence-corrected chi connectivity index (χ3v) is 7.70. The SMILES string of the molecule is CCOC(=O)C1CN(C(=O)Cc2cccnc2)CCN1C1c2ccc(Cl)cc2CCc2cc(Br)cnc21. The minimum absolute atomic E-state index is 0.0301. The van der Waals surface area contributed by atoms with Gasteiger partial charge in [0.05, 0.1) is 24.8 Å². The van der Waals surface area contributed by atoms with Crippen LogP contribution in [0.4, 0.5) is 0 Å². The van der Waals surface area contributed by atoms with Gasteiger partial charge in [-0.2, -0.15) is 0 Å². The molecule has 2 aliphatic rings.